The summed E-state index contributed by atoms with van der Waals surface area (Å²) in [6.45, 7) is 4.48. The minimum absolute atomic E-state index is 0.0104. The van der Waals surface area contributed by atoms with E-state index in [1.807, 2.05) is 6.92 Å². The van der Waals surface area contributed by atoms with Crippen molar-refractivity contribution in [2.24, 2.45) is 4.99 Å². The first-order valence-electron chi connectivity index (χ1n) is 7.66. The molecule has 3 rings (SSSR count). The highest BCUT2D eigenvalue weighted by Crippen LogP contribution is 2.36. The fourth-order valence-corrected chi connectivity index (χ4v) is 3.67. The molecule has 0 amide bonds. The quantitative estimate of drug-likeness (QED) is 0.668. The van der Waals surface area contributed by atoms with Gasteiger partial charge in [-0.25, -0.2) is 4.99 Å². The molecule has 1 N–H and O–H groups in total. The van der Waals surface area contributed by atoms with Gasteiger partial charge in [0.1, 0.15) is 5.84 Å². The number of hydrogen-bond donors (Lipinski definition) is 1. The van der Waals surface area contributed by atoms with Gasteiger partial charge in [-0.1, -0.05) is 0 Å². The fourth-order valence-electron chi connectivity index (χ4n) is 3.17. The number of aliphatic imine (C=N–C) groups is 1. The Bertz CT molecular complexity index is 627. The van der Waals surface area contributed by atoms with Crippen molar-refractivity contribution in [2.45, 2.75) is 50.9 Å². The summed E-state index contributed by atoms with van der Waals surface area (Å²) in [6.07, 6.45) is 3.43. The summed E-state index contributed by atoms with van der Waals surface area (Å²) in [7, 11) is 0. The van der Waals surface area contributed by atoms with Crippen molar-refractivity contribution in [1.82, 2.24) is 10.2 Å². The van der Waals surface area contributed by atoms with Gasteiger partial charge in [0, 0.05) is 27.6 Å². The molecule has 2 aliphatic heterocycles. The zero-order chi connectivity index (χ0) is 16.8. The number of fused-ring (bicyclic) bond motifs is 1. The van der Waals surface area contributed by atoms with Crippen LogP contribution < -0.4 is 5.32 Å². The van der Waals surface area contributed by atoms with Crippen molar-refractivity contribution in [2.75, 3.05) is 6.54 Å². The molecule has 1 saturated carbocycles. The molecular weight excluding hydrogens is 418 g/mol. The maximum atomic E-state index is 13.4. The molecule has 0 aromatic rings. The third-order valence-corrected chi connectivity index (χ3v) is 5.22. The molecular formula is C16H19F3IN3. The van der Waals surface area contributed by atoms with Crippen LogP contribution in [0.4, 0.5) is 13.2 Å². The molecule has 3 aliphatic rings. The lowest BCUT2D eigenvalue weighted by molar-refractivity contribution is -0.0870. The second kappa shape index (κ2) is 5.91. The van der Waals surface area contributed by atoms with E-state index < -0.39 is 11.7 Å². The summed E-state index contributed by atoms with van der Waals surface area (Å²) in [5.41, 5.74) is 0.0231. The van der Waals surface area contributed by atoms with Crippen molar-refractivity contribution in [1.29, 1.82) is 0 Å². The standard InChI is InChI=1S/C16H19F3IN3/c1-10(22-15(2)4-3-5-15)11-6-13(16(17,18)19)14-21-7-12(20)9-23(14)8-11/h6-8,10,22H,3-5,9H2,1-2H3. The zero-order valence-electron chi connectivity index (χ0n) is 13.0. The van der Waals surface area contributed by atoms with Crippen molar-refractivity contribution >= 4 is 28.4 Å². The van der Waals surface area contributed by atoms with Crippen molar-refractivity contribution in [3.63, 3.8) is 0 Å². The first kappa shape index (κ1) is 17.0. The number of alkyl halides is 3. The summed E-state index contributed by atoms with van der Waals surface area (Å²) >= 11 is 2.10. The van der Waals surface area contributed by atoms with Gasteiger partial charge in [-0.3, -0.25) is 0 Å². The minimum Gasteiger partial charge on any atom is -0.327 e. The molecule has 1 unspecified atom stereocenters. The molecule has 0 bridgehead atoms. The van der Waals surface area contributed by atoms with Crippen LogP contribution in [0.25, 0.3) is 0 Å². The van der Waals surface area contributed by atoms with Crippen molar-refractivity contribution < 1.29 is 13.2 Å². The highest BCUT2D eigenvalue weighted by molar-refractivity contribution is 14.1. The summed E-state index contributed by atoms with van der Waals surface area (Å²) in [5.74, 6) is -0.0104. The van der Waals surface area contributed by atoms with Crippen molar-refractivity contribution in [3.8, 4) is 0 Å². The Hall–Kier alpha value is -0.830. The molecule has 0 saturated heterocycles. The maximum Gasteiger partial charge on any atom is 0.419 e. The fraction of sp³-hybridized carbons (Fsp3) is 0.562. The Kier molecular flexibility index (Phi) is 4.37. The summed E-state index contributed by atoms with van der Waals surface area (Å²) in [5, 5.41) is 3.48. The number of rotatable bonds is 3. The Morgan fingerprint density at radius 1 is 1.39 bits per heavy atom. The lowest BCUT2D eigenvalue weighted by Crippen LogP contribution is -2.53. The highest BCUT2D eigenvalue weighted by atomic mass is 127. The molecule has 0 aromatic heterocycles. The smallest absolute Gasteiger partial charge is 0.327 e. The second-order valence-electron chi connectivity index (χ2n) is 6.62. The molecule has 126 valence electrons. The number of hydrogen-bond acceptors (Lipinski definition) is 3. The molecule has 2 heterocycles. The molecule has 1 fully saturated rings. The van der Waals surface area contributed by atoms with E-state index >= 15 is 0 Å². The monoisotopic (exact) mass is 437 g/mol. The van der Waals surface area contributed by atoms with Crippen LogP contribution in [-0.4, -0.2) is 35.0 Å². The van der Waals surface area contributed by atoms with E-state index in [4.69, 9.17) is 0 Å². The summed E-state index contributed by atoms with van der Waals surface area (Å²) in [4.78, 5) is 5.59. The van der Waals surface area contributed by atoms with E-state index in [0.29, 0.717) is 12.1 Å². The molecule has 7 heteroatoms. The van der Waals surface area contributed by atoms with E-state index in [2.05, 4.69) is 39.8 Å². The molecule has 1 atom stereocenters. The SMILES string of the molecule is CC(NC1(C)CCC1)C1=CN2CC(I)=CN=C2C(C(F)(F)F)=C1. The van der Waals surface area contributed by atoms with E-state index in [0.717, 1.165) is 16.4 Å². The van der Waals surface area contributed by atoms with Gasteiger partial charge < -0.3 is 10.2 Å². The lowest BCUT2D eigenvalue weighted by Gasteiger charge is -2.42. The average Bonchev–Trinajstić information content (AvgIpc) is 2.42. The topological polar surface area (TPSA) is 27.6 Å². The number of amidine groups is 1. The van der Waals surface area contributed by atoms with Gasteiger partial charge in [-0.2, -0.15) is 13.2 Å². The second-order valence-corrected chi connectivity index (χ2v) is 8.01. The Labute approximate surface area is 147 Å². The van der Waals surface area contributed by atoms with Crippen LogP contribution in [0.5, 0.6) is 0 Å². The predicted octanol–water partition coefficient (Wildman–Crippen LogP) is 4.28. The van der Waals surface area contributed by atoms with Gasteiger partial charge in [0.25, 0.3) is 0 Å². The van der Waals surface area contributed by atoms with Crippen LogP contribution >= 0.6 is 22.6 Å². The molecule has 1 aliphatic carbocycles. The first-order chi connectivity index (χ1) is 10.7. The van der Waals surface area contributed by atoms with Crippen LogP contribution in [-0.2, 0) is 0 Å². The highest BCUT2D eigenvalue weighted by Gasteiger charge is 2.42. The van der Waals surface area contributed by atoms with Gasteiger partial charge in [-0.05, 0) is 67.3 Å². The maximum absolute atomic E-state index is 13.4. The largest absolute Gasteiger partial charge is 0.419 e. The van der Waals surface area contributed by atoms with Gasteiger partial charge >= 0.3 is 6.18 Å². The lowest BCUT2D eigenvalue weighted by atomic mass is 9.77. The predicted molar refractivity (Wildman–Crippen MR) is 93.3 cm³/mol. The normalized spacial score (nSPS) is 24.7. The molecule has 0 radical (unpaired) electrons. The third kappa shape index (κ3) is 3.50. The number of nitrogens with zero attached hydrogens (tertiary/aromatic N) is 2. The number of nitrogens with one attached hydrogen (secondary N) is 1. The van der Waals surface area contributed by atoms with E-state index in [9.17, 15) is 13.2 Å². The number of halogens is 4. The van der Waals surface area contributed by atoms with E-state index in [-0.39, 0.29) is 17.4 Å². The van der Waals surface area contributed by atoms with Crippen LogP contribution in [0.2, 0.25) is 0 Å². The van der Waals surface area contributed by atoms with Crippen molar-refractivity contribution in [3.05, 3.63) is 33.2 Å². The molecule has 3 nitrogen and oxygen atoms in total. The van der Waals surface area contributed by atoms with Crippen LogP contribution in [0, 0.1) is 0 Å². The van der Waals surface area contributed by atoms with Crippen LogP contribution in [0.3, 0.4) is 0 Å². The summed E-state index contributed by atoms with van der Waals surface area (Å²) in [6, 6.07) is -0.136. The molecule has 23 heavy (non-hydrogen) atoms. The average molecular weight is 437 g/mol. The third-order valence-electron chi connectivity index (χ3n) is 4.60. The van der Waals surface area contributed by atoms with E-state index in [1.54, 1.807) is 11.1 Å². The summed E-state index contributed by atoms with van der Waals surface area (Å²) < 4.78 is 41.2. The Balaban J connectivity index is 1.90. The Morgan fingerprint density at radius 2 is 2.09 bits per heavy atom. The zero-order valence-corrected chi connectivity index (χ0v) is 15.2. The van der Waals surface area contributed by atoms with Gasteiger partial charge in [0.2, 0.25) is 0 Å². The van der Waals surface area contributed by atoms with Gasteiger partial charge in [0.15, 0.2) is 0 Å². The first-order valence-corrected chi connectivity index (χ1v) is 8.73. The van der Waals surface area contributed by atoms with Crippen LogP contribution in [0.1, 0.15) is 33.1 Å². The van der Waals surface area contributed by atoms with Gasteiger partial charge in [0.05, 0.1) is 12.1 Å². The minimum atomic E-state index is -4.41. The molecule has 0 spiro atoms. The van der Waals surface area contributed by atoms with Crippen LogP contribution in [0.15, 0.2) is 38.2 Å². The Morgan fingerprint density at radius 3 is 2.65 bits per heavy atom. The molecule has 0 aromatic carbocycles. The van der Waals surface area contributed by atoms with E-state index in [1.165, 1.54) is 18.7 Å². The van der Waals surface area contributed by atoms with Gasteiger partial charge in [-0.15, -0.1) is 0 Å².